The van der Waals surface area contributed by atoms with Gasteiger partial charge in [0.05, 0.1) is 5.69 Å². The van der Waals surface area contributed by atoms with Crippen molar-refractivity contribution < 1.29 is 18.7 Å². The van der Waals surface area contributed by atoms with Crippen LogP contribution >= 0.6 is 0 Å². The van der Waals surface area contributed by atoms with Crippen molar-refractivity contribution in [2.24, 2.45) is 23.7 Å². The summed E-state index contributed by atoms with van der Waals surface area (Å²) in [6.07, 6.45) is 9.07. The van der Waals surface area contributed by atoms with E-state index < -0.39 is 5.54 Å². The average Bonchev–Trinajstić information content (AvgIpc) is 3.13. The minimum atomic E-state index is -1.10. The average molecular weight is 500 g/mol. The lowest BCUT2D eigenvalue weighted by Gasteiger charge is -2.47. The van der Waals surface area contributed by atoms with Crippen LogP contribution in [0.2, 0.25) is 0 Å². The topological polar surface area (TPSA) is 81.2 Å². The molecular formula is C30H30FN3O3. The van der Waals surface area contributed by atoms with Crippen LogP contribution in [0.25, 0.3) is 17.2 Å². The van der Waals surface area contributed by atoms with Crippen LogP contribution in [0.3, 0.4) is 0 Å². The molecule has 0 bridgehead atoms. The predicted molar refractivity (Wildman–Crippen MR) is 139 cm³/mol. The standard InChI is InChI=1S/C30H30FN3O3/c1-18-16-30(34-28(35)21-11-13-32-14-12-21)27(20(3)37-29(30)36)26(19(18)2)10-9-25-8-7-23(17-33-25)22-5-4-6-24(31)15-22/h4-15,17-20,26-27H,16H2,1-3H3,(H,34,35)/t18-,19+,20+,26-,27-,30-/m0/s1. The van der Waals surface area contributed by atoms with E-state index in [-0.39, 0.29) is 47.5 Å². The molecule has 190 valence electrons. The van der Waals surface area contributed by atoms with E-state index in [0.717, 1.165) is 16.8 Å². The number of hydrogen-bond donors (Lipinski definition) is 1. The largest absolute Gasteiger partial charge is 0.460 e. The molecule has 2 aromatic heterocycles. The molecule has 37 heavy (non-hydrogen) atoms. The summed E-state index contributed by atoms with van der Waals surface area (Å²) in [5.74, 6) is -0.781. The molecule has 2 fully saturated rings. The van der Waals surface area contributed by atoms with E-state index in [2.05, 4.69) is 35.2 Å². The number of nitrogens with one attached hydrogen (secondary N) is 1. The van der Waals surface area contributed by atoms with E-state index in [0.29, 0.717) is 12.0 Å². The van der Waals surface area contributed by atoms with Gasteiger partial charge in [-0.25, -0.2) is 9.18 Å². The molecule has 6 nitrogen and oxygen atoms in total. The van der Waals surface area contributed by atoms with E-state index in [9.17, 15) is 14.0 Å². The Balaban J connectivity index is 1.43. The van der Waals surface area contributed by atoms with Crippen LogP contribution in [0.5, 0.6) is 0 Å². The molecule has 7 heteroatoms. The number of fused-ring (bicyclic) bond motifs is 1. The number of aromatic nitrogens is 2. The molecule has 0 unspecified atom stereocenters. The van der Waals surface area contributed by atoms with Gasteiger partial charge in [0.15, 0.2) is 0 Å². The highest BCUT2D eigenvalue weighted by atomic mass is 19.1. The second-order valence-corrected chi connectivity index (χ2v) is 10.3. The molecule has 5 rings (SSSR count). The first-order chi connectivity index (χ1) is 17.8. The Labute approximate surface area is 216 Å². The lowest BCUT2D eigenvalue weighted by atomic mass is 9.58. The molecule has 1 N–H and O–H groups in total. The third-order valence-electron chi connectivity index (χ3n) is 8.01. The minimum absolute atomic E-state index is 0.0207. The van der Waals surface area contributed by atoms with Gasteiger partial charge in [0.2, 0.25) is 0 Å². The van der Waals surface area contributed by atoms with Gasteiger partial charge in [-0.3, -0.25) is 14.8 Å². The number of rotatable bonds is 5. The van der Waals surface area contributed by atoms with Gasteiger partial charge in [-0.2, -0.15) is 0 Å². The van der Waals surface area contributed by atoms with Gasteiger partial charge < -0.3 is 10.1 Å². The van der Waals surface area contributed by atoms with E-state index in [1.165, 1.54) is 12.1 Å². The summed E-state index contributed by atoms with van der Waals surface area (Å²) in [6, 6.07) is 13.5. The Morgan fingerprint density at radius 3 is 2.59 bits per heavy atom. The monoisotopic (exact) mass is 499 g/mol. The van der Waals surface area contributed by atoms with Crippen LogP contribution in [-0.2, 0) is 9.53 Å². The second kappa shape index (κ2) is 9.88. The zero-order valence-electron chi connectivity index (χ0n) is 21.1. The van der Waals surface area contributed by atoms with Crippen LogP contribution in [0.15, 0.2) is 73.2 Å². The predicted octanol–water partition coefficient (Wildman–Crippen LogP) is 5.32. The lowest BCUT2D eigenvalue weighted by Crippen LogP contribution is -2.62. The highest BCUT2D eigenvalue weighted by Crippen LogP contribution is 2.51. The number of nitrogens with zero attached hydrogens (tertiary/aromatic N) is 2. The first-order valence-electron chi connectivity index (χ1n) is 12.6. The smallest absolute Gasteiger partial charge is 0.332 e. The number of benzene rings is 1. The van der Waals surface area contributed by atoms with Crippen molar-refractivity contribution in [1.29, 1.82) is 0 Å². The zero-order chi connectivity index (χ0) is 26.2. The molecule has 3 heterocycles. The van der Waals surface area contributed by atoms with Crippen molar-refractivity contribution in [1.82, 2.24) is 15.3 Å². The summed E-state index contributed by atoms with van der Waals surface area (Å²) < 4.78 is 19.4. The number of ether oxygens (including phenoxy) is 1. The maximum absolute atomic E-state index is 13.6. The number of halogens is 1. The molecule has 2 aliphatic rings. The Bertz CT molecular complexity index is 1330. The van der Waals surface area contributed by atoms with Gasteiger partial charge in [-0.05, 0) is 73.1 Å². The number of hydrogen-bond acceptors (Lipinski definition) is 5. The SMILES string of the molecule is C[C@H]1[C@H](C=Cc2ccc(-c3cccc(F)c3)cn2)[C@@H]2[C@@H](C)OC(=O)[C@]2(NC(=O)c2ccncc2)C[C@@H]1C. The first-order valence-corrected chi connectivity index (χ1v) is 12.6. The van der Waals surface area contributed by atoms with E-state index in [4.69, 9.17) is 4.74 Å². The molecule has 1 amide bonds. The number of carbonyl (C=O) groups excluding carboxylic acids is 2. The third kappa shape index (κ3) is 4.66. The van der Waals surface area contributed by atoms with Gasteiger partial charge in [0.1, 0.15) is 17.5 Å². The van der Waals surface area contributed by atoms with Crippen LogP contribution < -0.4 is 5.32 Å². The first kappa shape index (κ1) is 24.8. The van der Waals surface area contributed by atoms with Crippen molar-refractivity contribution in [3.05, 3.63) is 90.3 Å². The molecule has 1 aromatic carbocycles. The normalized spacial score (nSPS) is 29.1. The molecule has 1 saturated heterocycles. The molecule has 6 atom stereocenters. The number of esters is 1. The Morgan fingerprint density at radius 1 is 1.11 bits per heavy atom. The van der Waals surface area contributed by atoms with E-state index in [1.54, 1.807) is 36.8 Å². The third-order valence-corrected chi connectivity index (χ3v) is 8.01. The van der Waals surface area contributed by atoms with Crippen molar-refractivity contribution >= 4 is 18.0 Å². The Morgan fingerprint density at radius 2 is 1.89 bits per heavy atom. The van der Waals surface area contributed by atoms with Gasteiger partial charge in [-0.1, -0.05) is 38.1 Å². The van der Waals surface area contributed by atoms with Crippen LogP contribution in [0.1, 0.15) is 43.2 Å². The number of pyridine rings is 2. The number of amides is 1. The summed E-state index contributed by atoms with van der Waals surface area (Å²) in [4.78, 5) is 34.9. The fourth-order valence-corrected chi connectivity index (χ4v) is 5.96. The highest BCUT2D eigenvalue weighted by Gasteiger charge is 2.63. The summed E-state index contributed by atoms with van der Waals surface area (Å²) in [6.45, 7) is 6.20. The fraction of sp³-hybridized carbons (Fsp3) is 0.333. The summed E-state index contributed by atoms with van der Waals surface area (Å²) >= 11 is 0. The Kier molecular flexibility index (Phi) is 6.63. The van der Waals surface area contributed by atoms with Gasteiger partial charge in [-0.15, -0.1) is 0 Å². The summed E-state index contributed by atoms with van der Waals surface area (Å²) in [7, 11) is 0. The molecular weight excluding hydrogens is 469 g/mol. The zero-order valence-corrected chi connectivity index (χ0v) is 21.1. The van der Waals surface area contributed by atoms with Crippen molar-refractivity contribution in [2.45, 2.75) is 38.8 Å². The van der Waals surface area contributed by atoms with E-state index in [1.807, 2.05) is 31.2 Å². The number of carbonyl (C=O) groups is 2. The second-order valence-electron chi connectivity index (χ2n) is 10.3. The van der Waals surface area contributed by atoms with Gasteiger partial charge in [0.25, 0.3) is 5.91 Å². The number of cyclic esters (lactones) is 1. The summed E-state index contributed by atoms with van der Waals surface area (Å²) in [5.41, 5.74) is 1.71. The molecule has 3 aromatic rings. The molecule has 0 radical (unpaired) electrons. The van der Waals surface area contributed by atoms with Crippen molar-refractivity contribution in [3.63, 3.8) is 0 Å². The minimum Gasteiger partial charge on any atom is -0.460 e. The molecule has 0 spiro atoms. The lowest BCUT2D eigenvalue weighted by molar-refractivity contribution is -0.146. The van der Waals surface area contributed by atoms with Crippen LogP contribution in [0.4, 0.5) is 4.39 Å². The highest BCUT2D eigenvalue weighted by molar-refractivity contribution is 5.99. The van der Waals surface area contributed by atoms with E-state index >= 15 is 0 Å². The van der Waals surface area contributed by atoms with Crippen LogP contribution in [0, 0.1) is 29.5 Å². The van der Waals surface area contributed by atoms with Gasteiger partial charge >= 0.3 is 5.97 Å². The maximum Gasteiger partial charge on any atom is 0.332 e. The van der Waals surface area contributed by atoms with Crippen molar-refractivity contribution in [3.8, 4) is 11.1 Å². The van der Waals surface area contributed by atoms with Crippen LogP contribution in [-0.4, -0.2) is 33.5 Å². The van der Waals surface area contributed by atoms with Crippen molar-refractivity contribution in [2.75, 3.05) is 0 Å². The Hall–Kier alpha value is -3.87. The molecule has 1 aliphatic carbocycles. The fourth-order valence-electron chi connectivity index (χ4n) is 5.96. The maximum atomic E-state index is 13.6. The molecule has 1 aliphatic heterocycles. The molecule has 1 saturated carbocycles. The van der Waals surface area contributed by atoms with Gasteiger partial charge in [0, 0.05) is 35.6 Å². The summed E-state index contributed by atoms with van der Waals surface area (Å²) in [5, 5.41) is 3.08. The number of allylic oxidation sites excluding steroid dienone is 1. The quantitative estimate of drug-likeness (QED) is 0.481.